The van der Waals surface area contributed by atoms with Gasteiger partial charge in [0.05, 0.1) is 5.02 Å². The highest BCUT2D eigenvalue weighted by molar-refractivity contribution is 6.30. The standard InChI is InChI=1S/C13H13ClF3NO2/c14-9-5-8(6-10(15)11(9)16)7-13(17)1-3-18(4-2-13)12(19)20/h5-6H,1-4,7H2,(H,19,20). The minimum atomic E-state index is -1.63. The first-order chi connectivity index (χ1) is 9.31. The predicted molar refractivity (Wildman–Crippen MR) is 67.7 cm³/mol. The van der Waals surface area contributed by atoms with Crippen LogP contribution in [0.3, 0.4) is 0 Å². The Kier molecular flexibility index (Phi) is 4.13. The summed E-state index contributed by atoms with van der Waals surface area (Å²) in [5.74, 6) is -2.26. The lowest BCUT2D eigenvalue weighted by Gasteiger charge is -2.35. The largest absolute Gasteiger partial charge is 0.465 e. The summed E-state index contributed by atoms with van der Waals surface area (Å²) in [6.45, 7) is 0.173. The summed E-state index contributed by atoms with van der Waals surface area (Å²) in [6.07, 6.45) is -1.15. The van der Waals surface area contributed by atoms with Gasteiger partial charge in [-0.05, 0) is 30.5 Å². The van der Waals surface area contributed by atoms with Crippen LogP contribution in [0.25, 0.3) is 0 Å². The molecule has 3 nitrogen and oxygen atoms in total. The van der Waals surface area contributed by atoms with Crippen molar-refractivity contribution in [2.75, 3.05) is 13.1 Å². The third-order valence-corrected chi connectivity index (χ3v) is 3.77. The first-order valence-corrected chi connectivity index (χ1v) is 6.49. The number of piperidine rings is 1. The first kappa shape index (κ1) is 15.0. The van der Waals surface area contributed by atoms with Gasteiger partial charge in [0.1, 0.15) is 5.67 Å². The van der Waals surface area contributed by atoms with Gasteiger partial charge in [0.25, 0.3) is 0 Å². The van der Waals surface area contributed by atoms with Crippen LogP contribution in [0.2, 0.25) is 5.02 Å². The highest BCUT2D eigenvalue weighted by Crippen LogP contribution is 2.32. The number of hydrogen-bond acceptors (Lipinski definition) is 1. The first-order valence-electron chi connectivity index (χ1n) is 6.11. The minimum absolute atomic E-state index is 0.0237. The number of hydrogen-bond donors (Lipinski definition) is 1. The monoisotopic (exact) mass is 307 g/mol. The van der Waals surface area contributed by atoms with Crippen molar-refractivity contribution in [3.05, 3.63) is 34.4 Å². The fraction of sp³-hybridized carbons (Fsp3) is 0.462. The molecule has 1 aliphatic heterocycles. The van der Waals surface area contributed by atoms with E-state index in [-0.39, 0.29) is 42.9 Å². The minimum Gasteiger partial charge on any atom is -0.465 e. The molecule has 0 aliphatic carbocycles. The molecule has 0 saturated carbocycles. The number of carboxylic acid groups (broad SMARTS) is 1. The van der Waals surface area contributed by atoms with Crippen LogP contribution in [-0.4, -0.2) is 34.9 Å². The third-order valence-electron chi connectivity index (χ3n) is 3.49. The van der Waals surface area contributed by atoms with E-state index in [1.54, 1.807) is 0 Å². The number of likely N-dealkylation sites (tertiary alicyclic amines) is 1. The molecule has 0 aromatic heterocycles. The van der Waals surface area contributed by atoms with Gasteiger partial charge in [0.15, 0.2) is 11.6 Å². The van der Waals surface area contributed by atoms with Gasteiger partial charge in [-0.25, -0.2) is 18.0 Å². The molecule has 0 radical (unpaired) electrons. The van der Waals surface area contributed by atoms with E-state index in [9.17, 15) is 18.0 Å². The summed E-state index contributed by atoms with van der Waals surface area (Å²) in [6, 6.07) is 2.12. The Morgan fingerprint density at radius 1 is 1.35 bits per heavy atom. The van der Waals surface area contributed by atoms with Crippen LogP contribution in [0.4, 0.5) is 18.0 Å². The van der Waals surface area contributed by atoms with Crippen molar-refractivity contribution in [1.29, 1.82) is 0 Å². The van der Waals surface area contributed by atoms with Crippen LogP contribution in [0, 0.1) is 11.6 Å². The van der Waals surface area contributed by atoms with Crippen molar-refractivity contribution in [2.45, 2.75) is 24.9 Å². The zero-order valence-corrected chi connectivity index (χ0v) is 11.3. The maximum absolute atomic E-state index is 14.6. The average molecular weight is 308 g/mol. The summed E-state index contributed by atoms with van der Waals surface area (Å²) in [5.41, 5.74) is -1.36. The molecule has 1 aromatic carbocycles. The molecule has 0 spiro atoms. The normalized spacial score (nSPS) is 18.1. The zero-order valence-electron chi connectivity index (χ0n) is 10.5. The van der Waals surface area contributed by atoms with Crippen molar-refractivity contribution >= 4 is 17.7 Å². The molecule has 110 valence electrons. The second-order valence-corrected chi connectivity index (χ2v) is 5.38. The molecule has 2 rings (SSSR count). The van der Waals surface area contributed by atoms with E-state index < -0.39 is 23.4 Å². The highest BCUT2D eigenvalue weighted by atomic mass is 35.5. The second kappa shape index (κ2) is 5.52. The van der Waals surface area contributed by atoms with Gasteiger partial charge in [0.2, 0.25) is 0 Å². The van der Waals surface area contributed by atoms with E-state index in [1.165, 1.54) is 6.07 Å². The van der Waals surface area contributed by atoms with Crippen LogP contribution >= 0.6 is 11.6 Å². The van der Waals surface area contributed by atoms with E-state index in [0.29, 0.717) is 0 Å². The molecule has 1 aliphatic rings. The van der Waals surface area contributed by atoms with Gasteiger partial charge in [-0.1, -0.05) is 11.6 Å². The molecule has 0 bridgehead atoms. The number of carbonyl (C=O) groups is 1. The Hall–Kier alpha value is -1.43. The van der Waals surface area contributed by atoms with Crippen molar-refractivity contribution in [3.8, 4) is 0 Å². The van der Waals surface area contributed by atoms with Gasteiger partial charge in [-0.3, -0.25) is 0 Å². The lowest BCUT2D eigenvalue weighted by molar-refractivity contribution is 0.0573. The number of alkyl halides is 1. The topological polar surface area (TPSA) is 40.5 Å². The summed E-state index contributed by atoms with van der Waals surface area (Å²) >= 11 is 5.52. The fourth-order valence-electron chi connectivity index (χ4n) is 2.35. The number of rotatable bonds is 2. The third kappa shape index (κ3) is 3.17. The number of halogens is 4. The molecular formula is C13H13ClF3NO2. The van der Waals surface area contributed by atoms with E-state index in [2.05, 4.69) is 0 Å². The SMILES string of the molecule is O=C(O)N1CCC(F)(Cc2cc(F)c(F)c(Cl)c2)CC1. The Labute approximate surface area is 118 Å². The Bertz CT molecular complexity index is 507. The highest BCUT2D eigenvalue weighted by Gasteiger charge is 2.36. The summed E-state index contributed by atoms with van der Waals surface area (Å²) < 4.78 is 40.9. The lowest BCUT2D eigenvalue weighted by Crippen LogP contribution is -2.45. The van der Waals surface area contributed by atoms with Crippen LogP contribution in [-0.2, 0) is 6.42 Å². The van der Waals surface area contributed by atoms with E-state index in [1.807, 2.05) is 0 Å². The quantitative estimate of drug-likeness (QED) is 0.847. The van der Waals surface area contributed by atoms with Crippen molar-refractivity contribution in [3.63, 3.8) is 0 Å². The average Bonchev–Trinajstić information content (AvgIpc) is 2.36. The molecule has 1 aromatic rings. The fourth-order valence-corrected chi connectivity index (χ4v) is 2.58. The Morgan fingerprint density at radius 2 is 1.95 bits per heavy atom. The van der Waals surface area contributed by atoms with Crippen LogP contribution in [0.5, 0.6) is 0 Å². The maximum Gasteiger partial charge on any atom is 0.407 e. The summed E-state index contributed by atoms with van der Waals surface area (Å²) in [5, 5.41) is 8.41. The maximum atomic E-state index is 14.6. The van der Waals surface area contributed by atoms with Gasteiger partial charge in [-0.15, -0.1) is 0 Å². The molecule has 1 saturated heterocycles. The number of amides is 1. The van der Waals surface area contributed by atoms with Crippen LogP contribution in [0.1, 0.15) is 18.4 Å². The van der Waals surface area contributed by atoms with Crippen molar-refractivity contribution in [2.24, 2.45) is 0 Å². The molecular weight excluding hydrogens is 295 g/mol. The van der Waals surface area contributed by atoms with E-state index in [4.69, 9.17) is 16.7 Å². The van der Waals surface area contributed by atoms with Gasteiger partial charge < -0.3 is 10.0 Å². The van der Waals surface area contributed by atoms with Gasteiger partial charge in [-0.2, -0.15) is 0 Å². The molecule has 1 N–H and O–H groups in total. The molecule has 20 heavy (non-hydrogen) atoms. The van der Waals surface area contributed by atoms with E-state index in [0.717, 1.165) is 11.0 Å². The molecule has 7 heteroatoms. The molecule has 1 heterocycles. The predicted octanol–water partition coefficient (Wildman–Crippen LogP) is 3.64. The zero-order chi connectivity index (χ0) is 14.9. The molecule has 0 atom stereocenters. The van der Waals surface area contributed by atoms with Crippen LogP contribution in [0.15, 0.2) is 12.1 Å². The van der Waals surface area contributed by atoms with Crippen LogP contribution < -0.4 is 0 Å². The van der Waals surface area contributed by atoms with Gasteiger partial charge in [0, 0.05) is 19.5 Å². The Morgan fingerprint density at radius 3 is 2.45 bits per heavy atom. The van der Waals surface area contributed by atoms with Gasteiger partial charge >= 0.3 is 6.09 Å². The summed E-state index contributed by atoms with van der Waals surface area (Å²) in [7, 11) is 0. The molecule has 1 fully saturated rings. The molecule has 1 amide bonds. The number of nitrogens with zero attached hydrogens (tertiary/aromatic N) is 1. The smallest absolute Gasteiger partial charge is 0.407 e. The second-order valence-electron chi connectivity index (χ2n) is 4.97. The molecule has 0 unspecified atom stereocenters. The number of benzene rings is 1. The summed E-state index contributed by atoms with van der Waals surface area (Å²) in [4.78, 5) is 11.9. The van der Waals surface area contributed by atoms with Crippen molar-refractivity contribution in [1.82, 2.24) is 4.90 Å². The lowest BCUT2D eigenvalue weighted by atomic mass is 9.87. The van der Waals surface area contributed by atoms with E-state index >= 15 is 0 Å². The Balaban J connectivity index is 2.08. The van der Waals surface area contributed by atoms with Crippen molar-refractivity contribution < 1.29 is 23.1 Å².